The molecule has 7 nitrogen and oxygen atoms in total. The molecule has 2 amide bonds. The van der Waals surface area contributed by atoms with Crippen molar-refractivity contribution < 1.29 is 24.2 Å². The number of nitrogens with one attached hydrogen (secondary N) is 2. The lowest BCUT2D eigenvalue weighted by Gasteiger charge is -2.14. The molecule has 0 unspecified atom stereocenters. The van der Waals surface area contributed by atoms with E-state index >= 15 is 0 Å². The van der Waals surface area contributed by atoms with Gasteiger partial charge in [0.25, 0.3) is 5.91 Å². The number of carbonyl (C=O) groups excluding carboxylic acids is 3. The van der Waals surface area contributed by atoms with Gasteiger partial charge in [0.05, 0.1) is 11.4 Å². The number of hydrogen-bond acceptors (Lipinski definition) is 5. The van der Waals surface area contributed by atoms with Crippen LogP contribution in [0, 0.1) is 0 Å². The molecule has 3 aromatic rings. The Morgan fingerprint density at radius 1 is 0.906 bits per heavy atom. The van der Waals surface area contributed by atoms with Crippen LogP contribution < -0.4 is 15.4 Å². The van der Waals surface area contributed by atoms with Crippen LogP contribution in [0.5, 0.6) is 11.5 Å². The summed E-state index contributed by atoms with van der Waals surface area (Å²) in [5, 5.41) is 15.5. The van der Waals surface area contributed by atoms with E-state index in [0.29, 0.717) is 17.0 Å². The van der Waals surface area contributed by atoms with Gasteiger partial charge in [-0.15, -0.1) is 0 Å². The highest BCUT2D eigenvalue weighted by molar-refractivity contribution is 6.76. The van der Waals surface area contributed by atoms with E-state index in [0.717, 1.165) is 5.56 Å². The third-order valence-electron chi connectivity index (χ3n) is 4.58. The van der Waals surface area contributed by atoms with Crippen LogP contribution in [-0.4, -0.2) is 29.9 Å². The first-order valence-corrected chi connectivity index (χ1v) is 9.94. The maximum Gasteiger partial charge on any atom is 0.255 e. The van der Waals surface area contributed by atoms with Crippen LogP contribution in [-0.2, 0) is 11.4 Å². The molecular weight excluding hydrogens is 407 g/mol. The molecule has 0 atom stereocenters. The van der Waals surface area contributed by atoms with E-state index in [-0.39, 0.29) is 35.2 Å². The summed E-state index contributed by atoms with van der Waals surface area (Å²) >= 11 is 0. The fourth-order valence-corrected chi connectivity index (χ4v) is 2.96. The SMILES string of the molecule is C[B]C(=O)c1ccc(NC(=O)c2ccc(NC(C)=O)c(OCc3ccccc3)c2)c(O)c1. The summed E-state index contributed by atoms with van der Waals surface area (Å²) < 4.78 is 5.86. The zero-order valence-electron chi connectivity index (χ0n) is 17.7. The Kier molecular flexibility index (Phi) is 7.28. The lowest BCUT2D eigenvalue weighted by molar-refractivity contribution is -0.114. The van der Waals surface area contributed by atoms with Crippen molar-refractivity contribution in [1.29, 1.82) is 0 Å². The van der Waals surface area contributed by atoms with Crippen LogP contribution in [0.25, 0.3) is 0 Å². The highest BCUT2D eigenvalue weighted by atomic mass is 16.5. The molecule has 8 heteroatoms. The van der Waals surface area contributed by atoms with Gasteiger partial charge in [-0.3, -0.25) is 9.59 Å². The molecule has 0 spiro atoms. The molecule has 0 heterocycles. The third-order valence-corrected chi connectivity index (χ3v) is 4.58. The van der Waals surface area contributed by atoms with Crippen LogP contribution in [0.4, 0.5) is 11.4 Å². The van der Waals surface area contributed by atoms with Gasteiger partial charge in [-0.2, -0.15) is 0 Å². The van der Waals surface area contributed by atoms with Gasteiger partial charge in [-0.25, -0.2) is 0 Å². The van der Waals surface area contributed by atoms with E-state index in [1.807, 2.05) is 30.3 Å². The normalized spacial score (nSPS) is 10.2. The number of phenolic OH excluding ortho intramolecular Hbond substituents is 1. The predicted octanol–water partition coefficient (Wildman–Crippen LogP) is 4.07. The largest absolute Gasteiger partial charge is 0.506 e. The van der Waals surface area contributed by atoms with E-state index in [2.05, 4.69) is 10.6 Å². The summed E-state index contributed by atoms with van der Waals surface area (Å²) in [5.41, 5.74) is 1.89. The van der Waals surface area contributed by atoms with Gasteiger partial charge >= 0.3 is 0 Å². The van der Waals surface area contributed by atoms with Crippen molar-refractivity contribution in [3.05, 3.63) is 83.4 Å². The van der Waals surface area contributed by atoms with Crippen molar-refractivity contribution in [2.24, 2.45) is 0 Å². The molecule has 0 bridgehead atoms. The zero-order valence-corrected chi connectivity index (χ0v) is 17.7. The number of amides is 2. The summed E-state index contributed by atoms with van der Waals surface area (Å²) in [6, 6.07) is 18.4. The molecule has 0 fully saturated rings. The van der Waals surface area contributed by atoms with Gasteiger partial charge in [0, 0.05) is 18.1 Å². The molecule has 3 aromatic carbocycles. The van der Waals surface area contributed by atoms with Gasteiger partial charge in [0.2, 0.25) is 13.2 Å². The number of anilines is 2. The van der Waals surface area contributed by atoms with E-state index in [1.165, 1.54) is 44.5 Å². The molecule has 3 rings (SSSR count). The average Bonchev–Trinajstić information content (AvgIpc) is 2.79. The number of ether oxygens (including phenoxy) is 1. The zero-order chi connectivity index (χ0) is 23.1. The minimum Gasteiger partial charge on any atom is -0.506 e. The first kappa shape index (κ1) is 22.6. The second-order valence-electron chi connectivity index (χ2n) is 7.01. The van der Waals surface area contributed by atoms with Gasteiger partial charge in [0.15, 0.2) is 0 Å². The molecular formula is C24H22BN2O5. The molecule has 0 saturated heterocycles. The first-order valence-electron chi connectivity index (χ1n) is 9.94. The first-order chi connectivity index (χ1) is 15.4. The molecule has 0 aliphatic heterocycles. The Morgan fingerprint density at radius 2 is 1.59 bits per heavy atom. The maximum absolute atomic E-state index is 12.8. The van der Waals surface area contributed by atoms with Crippen molar-refractivity contribution in [1.82, 2.24) is 0 Å². The second kappa shape index (κ2) is 10.3. The van der Waals surface area contributed by atoms with Crippen LogP contribution in [0.3, 0.4) is 0 Å². The Balaban J connectivity index is 1.81. The lowest BCUT2D eigenvalue weighted by atomic mass is 9.73. The number of phenols is 1. The molecule has 0 aliphatic rings. The fraction of sp³-hybridized carbons (Fsp3) is 0.125. The van der Waals surface area contributed by atoms with E-state index in [9.17, 15) is 19.5 Å². The molecule has 0 saturated carbocycles. The number of carbonyl (C=O) groups is 3. The molecule has 0 aliphatic carbocycles. The number of hydrogen-bond donors (Lipinski definition) is 3. The summed E-state index contributed by atoms with van der Waals surface area (Å²) in [6.45, 7) is 3.25. The van der Waals surface area contributed by atoms with Crippen molar-refractivity contribution in [2.45, 2.75) is 20.4 Å². The highest BCUT2D eigenvalue weighted by Gasteiger charge is 2.15. The van der Waals surface area contributed by atoms with Gasteiger partial charge in [0.1, 0.15) is 23.8 Å². The van der Waals surface area contributed by atoms with Crippen LogP contribution in [0.15, 0.2) is 66.7 Å². The average molecular weight is 429 g/mol. The lowest BCUT2D eigenvalue weighted by Crippen LogP contribution is -2.14. The van der Waals surface area contributed by atoms with Crippen molar-refractivity contribution in [2.75, 3.05) is 10.6 Å². The summed E-state index contributed by atoms with van der Waals surface area (Å²) in [7, 11) is 1.39. The molecule has 3 N–H and O–H groups in total. The van der Waals surface area contributed by atoms with Gasteiger partial charge in [-0.05, 0) is 35.9 Å². The maximum atomic E-state index is 12.8. The third kappa shape index (κ3) is 5.75. The van der Waals surface area contributed by atoms with E-state index in [4.69, 9.17) is 4.74 Å². The Bertz CT molecular complexity index is 1150. The second-order valence-corrected chi connectivity index (χ2v) is 7.01. The van der Waals surface area contributed by atoms with Gasteiger partial charge < -0.3 is 25.3 Å². The van der Waals surface area contributed by atoms with E-state index in [1.54, 1.807) is 12.9 Å². The summed E-state index contributed by atoms with van der Waals surface area (Å²) in [5.74, 6) is -0.641. The monoisotopic (exact) mass is 429 g/mol. The molecule has 0 aromatic heterocycles. The highest BCUT2D eigenvalue weighted by Crippen LogP contribution is 2.29. The van der Waals surface area contributed by atoms with Crippen LogP contribution in [0.2, 0.25) is 6.82 Å². The van der Waals surface area contributed by atoms with Crippen LogP contribution >= 0.6 is 0 Å². The molecule has 161 valence electrons. The molecule has 32 heavy (non-hydrogen) atoms. The van der Waals surface area contributed by atoms with Crippen LogP contribution in [0.1, 0.15) is 33.2 Å². The minimum absolute atomic E-state index is 0.167. The quantitative estimate of drug-likeness (QED) is 0.370. The van der Waals surface area contributed by atoms with Crippen molar-refractivity contribution in [3.63, 3.8) is 0 Å². The minimum atomic E-state index is -0.486. The smallest absolute Gasteiger partial charge is 0.255 e. The predicted molar refractivity (Wildman–Crippen MR) is 124 cm³/mol. The Morgan fingerprint density at radius 3 is 2.25 bits per heavy atom. The van der Waals surface area contributed by atoms with Crippen molar-refractivity contribution >= 4 is 36.2 Å². The summed E-state index contributed by atoms with van der Waals surface area (Å²) in [6.07, 6.45) is 0. The van der Waals surface area contributed by atoms with Crippen molar-refractivity contribution in [3.8, 4) is 11.5 Å². The fourth-order valence-electron chi connectivity index (χ4n) is 2.96. The topological polar surface area (TPSA) is 105 Å². The molecule has 1 radical (unpaired) electrons. The Hall–Kier alpha value is -4.07. The standard InChI is InChI=1S/C24H22BN2O5/c1-15(28)26-20-11-9-18(13-22(20)32-14-16-6-4-3-5-7-16)24(31)27-19-10-8-17(12-21(19)29)23(30)25-2/h3-13,29H,14H2,1-2H3,(H,26,28)(H,27,31). The van der Waals surface area contributed by atoms with E-state index < -0.39 is 5.91 Å². The summed E-state index contributed by atoms with van der Waals surface area (Å²) in [4.78, 5) is 36.0. The number of rotatable bonds is 8. The Labute approximate surface area is 186 Å². The number of benzene rings is 3. The van der Waals surface area contributed by atoms with Gasteiger partial charge in [-0.1, -0.05) is 43.2 Å². The number of aromatic hydroxyl groups is 1.